The van der Waals surface area contributed by atoms with E-state index in [2.05, 4.69) is 0 Å². The second-order valence-corrected chi connectivity index (χ2v) is 3.85. The predicted octanol–water partition coefficient (Wildman–Crippen LogP) is 2.62. The largest absolute Gasteiger partial charge is 0.508 e. The van der Waals surface area contributed by atoms with Gasteiger partial charge in [-0.15, -0.1) is 0 Å². The van der Waals surface area contributed by atoms with Crippen LogP contribution in [0.15, 0.2) is 33.5 Å². The van der Waals surface area contributed by atoms with Crippen molar-refractivity contribution in [1.29, 1.82) is 0 Å². The molecule has 0 saturated heterocycles. The molecule has 1 aromatic carbocycles. The molecule has 1 aromatic heterocycles. The molecule has 0 spiro atoms. The molecule has 2 rings (SSSR count). The van der Waals surface area contributed by atoms with Crippen LogP contribution < -0.4 is 5.43 Å². The number of aromatic hydroxyl groups is 1. The molecule has 3 nitrogen and oxygen atoms in total. The summed E-state index contributed by atoms with van der Waals surface area (Å²) in [7, 11) is 0. The molecule has 3 heteroatoms. The number of hydrogen-bond donors (Lipinski definition) is 1. The maximum atomic E-state index is 11.7. The Kier molecular flexibility index (Phi) is 2.23. The van der Waals surface area contributed by atoms with Gasteiger partial charge in [0.2, 0.25) is 0 Å². The van der Waals surface area contributed by atoms with Gasteiger partial charge in [0, 0.05) is 18.1 Å². The summed E-state index contributed by atoms with van der Waals surface area (Å²) in [6, 6.07) is 6.02. The van der Waals surface area contributed by atoms with Gasteiger partial charge in [0.15, 0.2) is 5.43 Å². The van der Waals surface area contributed by atoms with E-state index < -0.39 is 0 Å². The average Bonchev–Trinajstić information content (AvgIpc) is 2.16. The van der Waals surface area contributed by atoms with Crippen LogP contribution in [-0.2, 0) is 0 Å². The van der Waals surface area contributed by atoms with Gasteiger partial charge in [0.1, 0.15) is 17.1 Å². The van der Waals surface area contributed by atoms with Crippen molar-refractivity contribution in [3.05, 3.63) is 40.2 Å². The van der Waals surface area contributed by atoms with Crippen LogP contribution in [0.5, 0.6) is 5.75 Å². The average molecular weight is 204 g/mol. The minimum Gasteiger partial charge on any atom is -0.508 e. The van der Waals surface area contributed by atoms with Crippen molar-refractivity contribution < 1.29 is 9.52 Å². The van der Waals surface area contributed by atoms with Crippen LogP contribution in [0.1, 0.15) is 25.5 Å². The third-order valence-electron chi connectivity index (χ3n) is 2.30. The molecule has 0 fully saturated rings. The second kappa shape index (κ2) is 3.42. The Bertz CT molecular complexity index is 552. The van der Waals surface area contributed by atoms with Crippen LogP contribution >= 0.6 is 0 Å². The highest BCUT2D eigenvalue weighted by atomic mass is 16.3. The van der Waals surface area contributed by atoms with Gasteiger partial charge >= 0.3 is 0 Å². The van der Waals surface area contributed by atoms with Crippen LogP contribution in [0.25, 0.3) is 11.0 Å². The van der Waals surface area contributed by atoms with Crippen LogP contribution in [0.4, 0.5) is 0 Å². The SMILES string of the molecule is CC(C)c1cc(=O)c2ccc(O)cc2o1. The minimum absolute atomic E-state index is 0.0695. The quantitative estimate of drug-likeness (QED) is 0.776. The van der Waals surface area contributed by atoms with Crippen LogP contribution in [0, 0.1) is 0 Å². The standard InChI is InChI=1S/C12H12O3/c1-7(2)11-6-10(14)9-4-3-8(13)5-12(9)15-11/h3-7,13H,1-2H3. The molecule has 0 radical (unpaired) electrons. The molecule has 0 amide bonds. The first-order valence-electron chi connectivity index (χ1n) is 4.84. The molecule has 78 valence electrons. The summed E-state index contributed by atoms with van der Waals surface area (Å²) < 4.78 is 5.52. The number of fused-ring (bicyclic) bond motifs is 1. The molecular weight excluding hydrogens is 192 g/mol. The number of benzene rings is 1. The normalized spacial score (nSPS) is 11.1. The van der Waals surface area contributed by atoms with Crippen LogP contribution in [0.3, 0.4) is 0 Å². The summed E-state index contributed by atoms with van der Waals surface area (Å²) in [5, 5.41) is 9.79. The van der Waals surface area contributed by atoms with Crippen molar-refractivity contribution in [2.45, 2.75) is 19.8 Å². The number of hydrogen-bond acceptors (Lipinski definition) is 3. The maximum absolute atomic E-state index is 11.7. The molecular formula is C12H12O3. The number of rotatable bonds is 1. The van der Waals surface area contributed by atoms with E-state index in [1.807, 2.05) is 13.8 Å². The fraction of sp³-hybridized carbons (Fsp3) is 0.250. The third kappa shape index (κ3) is 1.73. The molecule has 0 aliphatic heterocycles. The second-order valence-electron chi connectivity index (χ2n) is 3.85. The minimum atomic E-state index is -0.0695. The highest BCUT2D eigenvalue weighted by Crippen LogP contribution is 2.21. The van der Waals surface area contributed by atoms with Gasteiger partial charge < -0.3 is 9.52 Å². The maximum Gasteiger partial charge on any atom is 0.192 e. The van der Waals surface area contributed by atoms with Gasteiger partial charge in [-0.1, -0.05) is 13.8 Å². The van der Waals surface area contributed by atoms with Crippen molar-refractivity contribution in [2.24, 2.45) is 0 Å². The Morgan fingerprint density at radius 1 is 1.27 bits per heavy atom. The third-order valence-corrected chi connectivity index (χ3v) is 2.30. The van der Waals surface area contributed by atoms with Crippen molar-refractivity contribution in [1.82, 2.24) is 0 Å². The molecule has 0 unspecified atom stereocenters. The molecule has 0 saturated carbocycles. The number of phenolic OH excluding ortho intramolecular Hbond substituents is 1. The molecule has 0 aliphatic rings. The predicted molar refractivity (Wildman–Crippen MR) is 58.2 cm³/mol. The van der Waals surface area contributed by atoms with Crippen molar-refractivity contribution in [3.8, 4) is 5.75 Å². The Hall–Kier alpha value is -1.77. The van der Waals surface area contributed by atoms with E-state index in [0.717, 1.165) is 0 Å². The first kappa shape index (κ1) is 9.77. The highest BCUT2D eigenvalue weighted by molar-refractivity contribution is 5.77. The molecule has 15 heavy (non-hydrogen) atoms. The van der Waals surface area contributed by atoms with E-state index >= 15 is 0 Å². The Balaban J connectivity index is 2.80. The van der Waals surface area contributed by atoms with Gasteiger partial charge in [0.25, 0.3) is 0 Å². The summed E-state index contributed by atoms with van der Waals surface area (Å²) in [6.45, 7) is 3.90. The zero-order valence-corrected chi connectivity index (χ0v) is 8.65. The Morgan fingerprint density at radius 2 is 2.00 bits per heavy atom. The Labute approximate surface area is 87.0 Å². The summed E-state index contributed by atoms with van der Waals surface area (Å²) in [5.41, 5.74) is 0.367. The lowest BCUT2D eigenvalue weighted by Gasteiger charge is -2.05. The summed E-state index contributed by atoms with van der Waals surface area (Å²) in [6.07, 6.45) is 0. The fourth-order valence-electron chi connectivity index (χ4n) is 1.45. The van der Waals surface area contributed by atoms with Gasteiger partial charge in [-0.05, 0) is 12.1 Å². The van der Waals surface area contributed by atoms with Crippen molar-refractivity contribution in [3.63, 3.8) is 0 Å². The molecule has 0 bridgehead atoms. The number of phenols is 1. The van der Waals surface area contributed by atoms with Gasteiger partial charge in [-0.2, -0.15) is 0 Å². The monoisotopic (exact) mass is 204 g/mol. The van der Waals surface area contributed by atoms with E-state index in [4.69, 9.17) is 4.42 Å². The van der Waals surface area contributed by atoms with E-state index in [-0.39, 0.29) is 17.1 Å². The van der Waals surface area contributed by atoms with Crippen LogP contribution in [-0.4, -0.2) is 5.11 Å². The summed E-state index contributed by atoms with van der Waals surface area (Å²) in [4.78, 5) is 11.7. The summed E-state index contributed by atoms with van der Waals surface area (Å²) in [5.74, 6) is 0.897. The van der Waals surface area contributed by atoms with E-state index in [1.165, 1.54) is 18.2 Å². The molecule has 1 heterocycles. The molecule has 0 atom stereocenters. The highest BCUT2D eigenvalue weighted by Gasteiger charge is 2.07. The zero-order chi connectivity index (χ0) is 11.0. The topological polar surface area (TPSA) is 50.4 Å². The smallest absolute Gasteiger partial charge is 0.192 e. The lowest BCUT2D eigenvalue weighted by Crippen LogP contribution is -2.02. The first-order chi connectivity index (χ1) is 7.08. The first-order valence-corrected chi connectivity index (χ1v) is 4.84. The van der Waals surface area contributed by atoms with E-state index in [9.17, 15) is 9.90 Å². The zero-order valence-electron chi connectivity index (χ0n) is 8.65. The van der Waals surface area contributed by atoms with E-state index in [0.29, 0.717) is 16.7 Å². The lowest BCUT2D eigenvalue weighted by molar-refractivity contribution is 0.470. The molecule has 1 N–H and O–H groups in total. The molecule has 2 aromatic rings. The van der Waals surface area contributed by atoms with Crippen LogP contribution in [0.2, 0.25) is 0 Å². The van der Waals surface area contributed by atoms with Crippen molar-refractivity contribution >= 4 is 11.0 Å². The van der Waals surface area contributed by atoms with Gasteiger partial charge in [0.05, 0.1) is 5.39 Å². The summed E-state index contributed by atoms with van der Waals surface area (Å²) >= 11 is 0. The van der Waals surface area contributed by atoms with Crippen molar-refractivity contribution in [2.75, 3.05) is 0 Å². The van der Waals surface area contributed by atoms with Gasteiger partial charge in [-0.3, -0.25) is 4.79 Å². The fourth-order valence-corrected chi connectivity index (χ4v) is 1.45. The molecule has 0 aliphatic carbocycles. The van der Waals surface area contributed by atoms with E-state index in [1.54, 1.807) is 6.07 Å². The Morgan fingerprint density at radius 3 is 2.67 bits per heavy atom. The van der Waals surface area contributed by atoms with Gasteiger partial charge in [-0.25, -0.2) is 0 Å². The lowest BCUT2D eigenvalue weighted by atomic mass is 10.1.